The SMILES string of the molecule is COC(=O)c1occc1CN(C)Cc1sccc1C. The number of carbonyl (C=O) groups is 1. The Morgan fingerprint density at radius 3 is 2.84 bits per heavy atom. The molecule has 5 heteroatoms. The van der Waals surface area contributed by atoms with E-state index in [4.69, 9.17) is 9.15 Å². The monoisotopic (exact) mass is 279 g/mol. The Kier molecular flexibility index (Phi) is 4.39. The lowest BCUT2D eigenvalue weighted by molar-refractivity contribution is 0.0562. The summed E-state index contributed by atoms with van der Waals surface area (Å²) in [5.74, 6) is -0.141. The molecule has 0 radical (unpaired) electrons. The highest BCUT2D eigenvalue weighted by Crippen LogP contribution is 2.19. The average Bonchev–Trinajstić information content (AvgIpc) is 2.99. The molecule has 4 nitrogen and oxygen atoms in total. The van der Waals surface area contributed by atoms with E-state index in [0.717, 1.165) is 12.1 Å². The Labute approximate surface area is 116 Å². The molecule has 0 N–H and O–H groups in total. The normalized spacial score (nSPS) is 10.9. The summed E-state index contributed by atoms with van der Waals surface area (Å²) in [6.45, 7) is 3.62. The summed E-state index contributed by atoms with van der Waals surface area (Å²) in [6, 6.07) is 3.93. The van der Waals surface area contributed by atoms with E-state index in [0.29, 0.717) is 6.54 Å². The fourth-order valence-corrected chi connectivity index (χ4v) is 2.88. The predicted octanol–water partition coefficient (Wildman–Crippen LogP) is 3.07. The lowest BCUT2D eigenvalue weighted by Gasteiger charge is -2.15. The number of hydrogen-bond donors (Lipinski definition) is 0. The standard InChI is InChI=1S/C14H17NO3S/c1-10-5-7-19-12(10)9-15(2)8-11-4-6-18-13(11)14(16)17-3/h4-7H,8-9H2,1-3H3. The predicted molar refractivity (Wildman–Crippen MR) is 74.3 cm³/mol. The molecule has 0 aliphatic carbocycles. The van der Waals surface area contributed by atoms with Gasteiger partial charge in [0, 0.05) is 23.5 Å². The summed E-state index contributed by atoms with van der Waals surface area (Å²) in [5.41, 5.74) is 2.15. The van der Waals surface area contributed by atoms with E-state index in [1.54, 1.807) is 11.3 Å². The number of nitrogens with zero attached hydrogens (tertiary/aromatic N) is 1. The molecule has 2 aromatic heterocycles. The number of hydrogen-bond acceptors (Lipinski definition) is 5. The average molecular weight is 279 g/mol. The Hall–Kier alpha value is -1.59. The van der Waals surface area contributed by atoms with Gasteiger partial charge in [0.05, 0.1) is 13.4 Å². The zero-order valence-electron chi connectivity index (χ0n) is 11.3. The van der Waals surface area contributed by atoms with Gasteiger partial charge in [0.25, 0.3) is 0 Å². The number of aryl methyl sites for hydroxylation is 1. The van der Waals surface area contributed by atoms with Crippen molar-refractivity contribution in [3.8, 4) is 0 Å². The number of methoxy groups -OCH3 is 1. The molecule has 0 atom stereocenters. The second-order valence-corrected chi connectivity index (χ2v) is 5.47. The molecule has 0 aliphatic heterocycles. The molecule has 0 saturated heterocycles. The fraction of sp³-hybridized carbons (Fsp3) is 0.357. The van der Waals surface area contributed by atoms with Crippen LogP contribution in [0.2, 0.25) is 0 Å². The lowest BCUT2D eigenvalue weighted by atomic mass is 10.2. The molecule has 0 spiro atoms. The Morgan fingerprint density at radius 2 is 2.21 bits per heavy atom. The van der Waals surface area contributed by atoms with Crippen LogP contribution in [-0.4, -0.2) is 25.0 Å². The fourth-order valence-electron chi connectivity index (χ4n) is 1.89. The van der Waals surface area contributed by atoms with Crippen LogP contribution in [0.15, 0.2) is 28.2 Å². The number of furan rings is 1. The van der Waals surface area contributed by atoms with Gasteiger partial charge in [-0.3, -0.25) is 4.90 Å². The van der Waals surface area contributed by atoms with Gasteiger partial charge in [0.15, 0.2) is 0 Å². The molecule has 0 amide bonds. The molecule has 0 bridgehead atoms. The maximum Gasteiger partial charge on any atom is 0.374 e. The van der Waals surface area contributed by atoms with E-state index in [-0.39, 0.29) is 5.76 Å². The first-order chi connectivity index (χ1) is 9.11. The van der Waals surface area contributed by atoms with Gasteiger partial charge < -0.3 is 9.15 Å². The van der Waals surface area contributed by atoms with Gasteiger partial charge in [-0.2, -0.15) is 0 Å². The van der Waals surface area contributed by atoms with E-state index < -0.39 is 5.97 Å². The zero-order valence-corrected chi connectivity index (χ0v) is 12.1. The highest BCUT2D eigenvalue weighted by molar-refractivity contribution is 7.10. The smallest absolute Gasteiger partial charge is 0.374 e. The van der Waals surface area contributed by atoms with Crippen molar-refractivity contribution in [2.45, 2.75) is 20.0 Å². The summed E-state index contributed by atoms with van der Waals surface area (Å²) < 4.78 is 9.87. The second-order valence-electron chi connectivity index (χ2n) is 4.47. The minimum Gasteiger partial charge on any atom is -0.463 e. The van der Waals surface area contributed by atoms with Gasteiger partial charge in [-0.15, -0.1) is 11.3 Å². The van der Waals surface area contributed by atoms with Crippen LogP contribution in [0.5, 0.6) is 0 Å². The maximum atomic E-state index is 11.5. The van der Waals surface area contributed by atoms with E-state index in [2.05, 4.69) is 23.3 Å². The van der Waals surface area contributed by atoms with Gasteiger partial charge in [-0.05, 0) is 37.0 Å². The minimum atomic E-state index is -0.430. The second kappa shape index (κ2) is 6.04. The van der Waals surface area contributed by atoms with Crippen LogP contribution in [0, 0.1) is 6.92 Å². The van der Waals surface area contributed by atoms with Crippen molar-refractivity contribution in [1.82, 2.24) is 4.90 Å². The molecule has 2 heterocycles. The maximum absolute atomic E-state index is 11.5. The van der Waals surface area contributed by atoms with E-state index in [9.17, 15) is 4.79 Å². The zero-order chi connectivity index (χ0) is 13.8. The third-order valence-electron chi connectivity index (χ3n) is 2.94. The largest absolute Gasteiger partial charge is 0.463 e. The first kappa shape index (κ1) is 13.8. The van der Waals surface area contributed by atoms with Gasteiger partial charge in [0.1, 0.15) is 0 Å². The van der Waals surface area contributed by atoms with Gasteiger partial charge in [0.2, 0.25) is 5.76 Å². The summed E-state index contributed by atoms with van der Waals surface area (Å²) >= 11 is 1.75. The molecule has 0 fully saturated rings. The molecule has 19 heavy (non-hydrogen) atoms. The molecule has 0 aliphatic rings. The third kappa shape index (κ3) is 3.24. The number of thiophene rings is 1. The van der Waals surface area contributed by atoms with E-state index in [1.807, 2.05) is 13.1 Å². The molecule has 102 valence electrons. The van der Waals surface area contributed by atoms with Crippen LogP contribution in [0.1, 0.15) is 26.6 Å². The first-order valence-corrected chi connectivity index (χ1v) is 6.86. The summed E-state index contributed by atoms with van der Waals surface area (Å²) in [5, 5.41) is 2.09. The number of esters is 1. The molecule has 0 unspecified atom stereocenters. The topological polar surface area (TPSA) is 42.7 Å². The van der Waals surface area contributed by atoms with Crippen LogP contribution < -0.4 is 0 Å². The highest BCUT2D eigenvalue weighted by Gasteiger charge is 2.17. The number of ether oxygens (including phenoxy) is 1. The minimum absolute atomic E-state index is 0.289. The van der Waals surface area contributed by atoms with Gasteiger partial charge in [-0.1, -0.05) is 0 Å². The third-order valence-corrected chi connectivity index (χ3v) is 3.95. The molecular weight excluding hydrogens is 262 g/mol. The Bertz CT molecular complexity index is 559. The summed E-state index contributed by atoms with van der Waals surface area (Å²) in [4.78, 5) is 15.0. The first-order valence-electron chi connectivity index (χ1n) is 5.98. The highest BCUT2D eigenvalue weighted by atomic mass is 32.1. The molecule has 0 aromatic carbocycles. The number of carbonyl (C=O) groups excluding carboxylic acids is 1. The van der Waals surface area contributed by atoms with Crippen molar-refractivity contribution in [3.63, 3.8) is 0 Å². The van der Waals surface area contributed by atoms with Crippen molar-refractivity contribution in [1.29, 1.82) is 0 Å². The summed E-state index contributed by atoms with van der Waals surface area (Å²) in [7, 11) is 3.38. The molecule has 2 rings (SSSR count). The van der Waals surface area contributed by atoms with Crippen LogP contribution in [0.25, 0.3) is 0 Å². The molecular formula is C14H17NO3S. The van der Waals surface area contributed by atoms with E-state index in [1.165, 1.54) is 23.8 Å². The van der Waals surface area contributed by atoms with Crippen LogP contribution in [0.4, 0.5) is 0 Å². The van der Waals surface area contributed by atoms with Crippen LogP contribution in [-0.2, 0) is 17.8 Å². The molecule has 2 aromatic rings. The summed E-state index contributed by atoms with van der Waals surface area (Å²) in [6.07, 6.45) is 1.52. The Balaban J connectivity index is 2.03. The quantitative estimate of drug-likeness (QED) is 0.789. The van der Waals surface area contributed by atoms with Gasteiger partial charge in [-0.25, -0.2) is 4.79 Å². The van der Waals surface area contributed by atoms with Gasteiger partial charge >= 0.3 is 5.97 Å². The van der Waals surface area contributed by atoms with Crippen molar-refractivity contribution < 1.29 is 13.9 Å². The van der Waals surface area contributed by atoms with Crippen LogP contribution in [0.3, 0.4) is 0 Å². The van der Waals surface area contributed by atoms with Crippen molar-refractivity contribution in [2.75, 3.05) is 14.2 Å². The van der Waals surface area contributed by atoms with Crippen molar-refractivity contribution in [3.05, 3.63) is 45.5 Å². The van der Waals surface area contributed by atoms with E-state index >= 15 is 0 Å². The lowest BCUT2D eigenvalue weighted by Crippen LogP contribution is -2.18. The molecule has 0 saturated carbocycles. The van der Waals surface area contributed by atoms with Crippen molar-refractivity contribution >= 4 is 17.3 Å². The number of rotatable bonds is 5. The Morgan fingerprint density at radius 1 is 1.42 bits per heavy atom. The van der Waals surface area contributed by atoms with Crippen molar-refractivity contribution in [2.24, 2.45) is 0 Å². The van der Waals surface area contributed by atoms with Crippen LogP contribution >= 0.6 is 11.3 Å².